The Kier molecular flexibility index (Phi) is 9.21. The minimum absolute atomic E-state index is 0.0210. The average Bonchev–Trinajstić information content (AvgIpc) is 3.84. The second-order valence-electron chi connectivity index (χ2n) is 19.0. The van der Waals surface area contributed by atoms with Crippen LogP contribution in [0.2, 0.25) is 0 Å². The van der Waals surface area contributed by atoms with E-state index in [0.29, 0.717) is 17.5 Å². The number of nitrogens with zero attached hydrogens (tertiary/aromatic N) is 5. The summed E-state index contributed by atoms with van der Waals surface area (Å²) in [4.78, 5) is 15.9. The number of para-hydroxylation sites is 3. The zero-order valence-electron chi connectivity index (χ0n) is 37.1. The van der Waals surface area contributed by atoms with E-state index in [1.54, 1.807) is 0 Å². The van der Waals surface area contributed by atoms with Gasteiger partial charge in [-0.25, -0.2) is 15.0 Å². The van der Waals surface area contributed by atoms with Gasteiger partial charge >= 0.3 is 0 Å². The normalized spacial score (nSPS) is 12.2. The molecule has 0 saturated carbocycles. The smallest absolute Gasteiger partial charge is 0.166 e. The lowest BCUT2D eigenvalue weighted by molar-refractivity contribution is 0.590. The van der Waals surface area contributed by atoms with Crippen molar-refractivity contribution < 1.29 is 0 Å². The van der Waals surface area contributed by atoms with Crippen molar-refractivity contribution in [2.75, 3.05) is 0 Å². The largest absolute Gasteiger partial charge is 0.309 e. The fourth-order valence-electron chi connectivity index (χ4n) is 9.32. The molecule has 310 valence electrons. The molecule has 0 aliphatic heterocycles. The van der Waals surface area contributed by atoms with Gasteiger partial charge in [-0.2, -0.15) is 0 Å². The van der Waals surface area contributed by atoms with Gasteiger partial charge < -0.3 is 9.13 Å². The maximum atomic E-state index is 5.38. The Hall–Kier alpha value is -7.63. The molecule has 3 aromatic heterocycles. The van der Waals surface area contributed by atoms with Gasteiger partial charge in [-0.15, -0.1) is 0 Å². The van der Waals surface area contributed by atoms with Crippen LogP contribution in [0.1, 0.15) is 52.7 Å². The number of hydrogen-bond donors (Lipinski definition) is 0. The van der Waals surface area contributed by atoms with Crippen LogP contribution in [0.5, 0.6) is 0 Å². The monoisotopic (exact) mass is 827 g/mol. The second kappa shape index (κ2) is 15.0. The van der Waals surface area contributed by atoms with E-state index in [-0.39, 0.29) is 10.8 Å². The Labute approximate surface area is 374 Å². The highest BCUT2D eigenvalue weighted by Gasteiger charge is 2.25. The van der Waals surface area contributed by atoms with Gasteiger partial charge in [0.05, 0.1) is 27.8 Å². The molecule has 0 spiro atoms. The molecule has 0 aliphatic rings. The fourth-order valence-corrected chi connectivity index (χ4v) is 9.32. The molecule has 11 aromatic rings. The van der Waals surface area contributed by atoms with Crippen LogP contribution in [0.15, 0.2) is 188 Å². The van der Waals surface area contributed by atoms with E-state index < -0.39 is 0 Å². The SMILES string of the molecule is CC(C)(C)c1ccc2c(c1)c1cc(C(C)(C)C)ccc1n2-c1ccc(-c2cccc3c4ccccc4n(-c4ccccc4)c23)cc1-c1nc(-c2ccccc2)nc(-c2ccccc2)n1. The first-order chi connectivity index (χ1) is 31.0. The van der Waals surface area contributed by atoms with Crippen molar-refractivity contribution in [2.45, 2.75) is 52.4 Å². The van der Waals surface area contributed by atoms with Crippen molar-refractivity contribution in [1.82, 2.24) is 24.1 Å². The minimum atomic E-state index is -0.0210. The molecule has 5 heteroatoms. The van der Waals surface area contributed by atoms with Gasteiger partial charge in [-0.05, 0) is 82.1 Å². The third-order valence-electron chi connectivity index (χ3n) is 12.7. The zero-order valence-corrected chi connectivity index (χ0v) is 37.1. The van der Waals surface area contributed by atoms with Crippen LogP contribution < -0.4 is 0 Å². The molecule has 0 radical (unpaired) electrons. The molecule has 3 heterocycles. The molecule has 0 saturated heterocycles. The number of hydrogen-bond acceptors (Lipinski definition) is 3. The second-order valence-corrected chi connectivity index (χ2v) is 19.0. The molecule has 11 rings (SSSR count). The molecule has 0 fully saturated rings. The van der Waals surface area contributed by atoms with Gasteiger partial charge in [-0.1, -0.05) is 175 Å². The maximum absolute atomic E-state index is 5.38. The summed E-state index contributed by atoms with van der Waals surface area (Å²) in [5.41, 5.74) is 14.2. The lowest BCUT2D eigenvalue weighted by atomic mass is 9.85. The summed E-state index contributed by atoms with van der Waals surface area (Å²) in [6.45, 7) is 13.7. The summed E-state index contributed by atoms with van der Waals surface area (Å²) in [5, 5.41) is 4.87. The van der Waals surface area contributed by atoms with Crippen molar-refractivity contribution in [3.05, 3.63) is 199 Å². The van der Waals surface area contributed by atoms with Crippen molar-refractivity contribution in [2.24, 2.45) is 0 Å². The molecule has 64 heavy (non-hydrogen) atoms. The summed E-state index contributed by atoms with van der Waals surface area (Å²) in [6, 6.07) is 67.4. The van der Waals surface area contributed by atoms with Gasteiger partial charge in [0.15, 0.2) is 17.5 Å². The molecule has 0 unspecified atom stereocenters. The minimum Gasteiger partial charge on any atom is -0.309 e. The predicted molar refractivity (Wildman–Crippen MR) is 268 cm³/mol. The van der Waals surface area contributed by atoms with Gasteiger partial charge in [-0.3, -0.25) is 0 Å². The Balaban J connectivity index is 1.25. The lowest BCUT2D eigenvalue weighted by Crippen LogP contribution is -2.10. The predicted octanol–water partition coefficient (Wildman–Crippen LogP) is 15.3. The number of rotatable bonds is 6. The van der Waals surface area contributed by atoms with Crippen LogP contribution in [0, 0.1) is 0 Å². The van der Waals surface area contributed by atoms with Crippen molar-refractivity contribution in [3.63, 3.8) is 0 Å². The van der Waals surface area contributed by atoms with E-state index in [1.807, 2.05) is 36.4 Å². The molecule has 0 amide bonds. The van der Waals surface area contributed by atoms with E-state index in [0.717, 1.165) is 55.7 Å². The molecule has 5 nitrogen and oxygen atoms in total. The third-order valence-corrected chi connectivity index (χ3v) is 12.7. The number of benzene rings is 8. The molecule has 0 aliphatic carbocycles. The van der Waals surface area contributed by atoms with E-state index >= 15 is 0 Å². The fraction of sp³-hybridized carbons (Fsp3) is 0.136. The Morgan fingerprint density at radius 2 is 0.844 bits per heavy atom. The average molecular weight is 828 g/mol. The lowest BCUT2D eigenvalue weighted by Gasteiger charge is -2.20. The van der Waals surface area contributed by atoms with Crippen molar-refractivity contribution in [3.8, 4) is 56.7 Å². The number of aromatic nitrogens is 5. The Morgan fingerprint density at radius 1 is 0.344 bits per heavy atom. The first-order valence-electron chi connectivity index (χ1n) is 22.2. The summed E-state index contributed by atoms with van der Waals surface area (Å²) in [6.07, 6.45) is 0. The van der Waals surface area contributed by atoms with Gasteiger partial charge in [0.1, 0.15) is 0 Å². The highest BCUT2D eigenvalue weighted by Crippen LogP contribution is 2.43. The summed E-state index contributed by atoms with van der Waals surface area (Å²) in [7, 11) is 0. The van der Waals surface area contributed by atoms with Gasteiger partial charge in [0.25, 0.3) is 0 Å². The van der Waals surface area contributed by atoms with Crippen LogP contribution in [0.4, 0.5) is 0 Å². The van der Waals surface area contributed by atoms with Crippen LogP contribution in [0.3, 0.4) is 0 Å². The molecule has 0 bridgehead atoms. The van der Waals surface area contributed by atoms with Crippen LogP contribution in [0.25, 0.3) is 100 Å². The number of fused-ring (bicyclic) bond motifs is 6. The van der Waals surface area contributed by atoms with E-state index in [4.69, 9.17) is 15.0 Å². The molecular formula is C59H49N5. The van der Waals surface area contributed by atoms with Gasteiger partial charge in [0.2, 0.25) is 0 Å². The van der Waals surface area contributed by atoms with Crippen LogP contribution in [-0.2, 0) is 10.8 Å². The summed E-state index contributed by atoms with van der Waals surface area (Å²) >= 11 is 0. The zero-order chi connectivity index (χ0) is 43.7. The summed E-state index contributed by atoms with van der Waals surface area (Å²) in [5.74, 6) is 1.85. The maximum Gasteiger partial charge on any atom is 0.166 e. The first-order valence-corrected chi connectivity index (χ1v) is 22.2. The first kappa shape index (κ1) is 39.2. The van der Waals surface area contributed by atoms with E-state index in [2.05, 4.69) is 202 Å². The quantitative estimate of drug-likeness (QED) is 0.168. The third kappa shape index (κ3) is 6.67. The van der Waals surface area contributed by atoms with Crippen molar-refractivity contribution >= 4 is 43.6 Å². The van der Waals surface area contributed by atoms with Gasteiger partial charge in [0, 0.05) is 49.5 Å². The van der Waals surface area contributed by atoms with E-state index in [9.17, 15) is 0 Å². The van der Waals surface area contributed by atoms with Crippen LogP contribution in [-0.4, -0.2) is 24.1 Å². The topological polar surface area (TPSA) is 48.5 Å². The highest BCUT2D eigenvalue weighted by atomic mass is 15.1. The molecule has 0 atom stereocenters. The Bertz CT molecular complexity index is 3420. The van der Waals surface area contributed by atoms with Crippen LogP contribution >= 0.6 is 0 Å². The van der Waals surface area contributed by atoms with Crippen molar-refractivity contribution in [1.29, 1.82) is 0 Å². The molecular weight excluding hydrogens is 779 g/mol. The molecule has 0 N–H and O–H groups in total. The molecule has 8 aromatic carbocycles. The standard InChI is InChI=1S/C59H49N5/c1-58(2,3)41-30-33-51-47(36-41)48-37-42(59(4,5)6)31-34-52(48)64(51)53-32-29-40(44-26-18-27-46-45-25-16-17-28-50(45)63(54(44)46)43-23-14-9-15-24-43)35-49(53)57-61-55(38-19-10-7-11-20-38)60-56(62-57)39-21-12-8-13-22-39/h7-37H,1-6H3. The highest BCUT2D eigenvalue weighted by molar-refractivity contribution is 6.14. The Morgan fingerprint density at radius 3 is 1.42 bits per heavy atom. The summed E-state index contributed by atoms with van der Waals surface area (Å²) < 4.78 is 4.84. The van der Waals surface area contributed by atoms with E-state index in [1.165, 1.54) is 38.2 Å².